The fourth-order valence-corrected chi connectivity index (χ4v) is 3.83. The summed E-state index contributed by atoms with van der Waals surface area (Å²) in [6.07, 6.45) is 0.0774. The van der Waals surface area contributed by atoms with Crippen LogP contribution in [0.15, 0.2) is 72.8 Å². The zero-order valence-electron chi connectivity index (χ0n) is 18.2. The van der Waals surface area contributed by atoms with E-state index in [0.717, 1.165) is 16.0 Å². The molecule has 1 saturated heterocycles. The largest absolute Gasteiger partial charge is 0.348 e. The van der Waals surface area contributed by atoms with Gasteiger partial charge >= 0.3 is 6.03 Å². The van der Waals surface area contributed by atoms with Crippen LogP contribution < -0.4 is 10.6 Å². The summed E-state index contributed by atoms with van der Waals surface area (Å²) in [4.78, 5) is 39.0. The highest BCUT2D eigenvalue weighted by atomic mass is 19.1. The average Bonchev–Trinajstić information content (AvgIpc) is 2.80. The predicted octanol–water partition coefficient (Wildman–Crippen LogP) is 4.25. The maximum Gasteiger partial charge on any atom is 0.324 e. The van der Waals surface area contributed by atoms with E-state index in [1.165, 1.54) is 12.1 Å². The monoisotopic (exact) mass is 445 g/mol. The molecule has 0 radical (unpaired) electrons. The number of halogens is 1. The number of nitrogens with one attached hydrogen (secondary N) is 2. The zero-order chi connectivity index (χ0) is 23.4. The summed E-state index contributed by atoms with van der Waals surface area (Å²) < 4.78 is 13.2. The molecule has 7 heteroatoms. The van der Waals surface area contributed by atoms with Crippen molar-refractivity contribution in [2.45, 2.75) is 32.5 Å². The molecule has 1 atom stereocenters. The Bertz CT molecular complexity index is 1180. The van der Waals surface area contributed by atoms with Crippen LogP contribution in [0.2, 0.25) is 0 Å². The molecule has 1 aliphatic heterocycles. The molecule has 3 aromatic rings. The topological polar surface area (TPSA) is 78.5 Å². The third kappa shape index (κ3) is 5.44. The van der Waals surface area contributed by atoms with Crippen molar-refractivity contribution in [2.75, 3.05) is 0 Å². The minimum Gasteiger partial charge on any atom is -0.348 e. The summed E-state index contributed by atoms with van der Waals surface area (Å²) in [6, 6.07) is 19.5. The van der Waals surface area contributed by atoms with Crippen LogP contribution in [0.3, 0.4) is 0 Å². The number of imide groups is 1. The van der Waals surface area contributed by atoms with Crippen LogP contribution in [0.25, 0.3) is 0 Å². The van der Waals surface area contributed by atoms with E-state index in [-0.39, 0.29) is 30.6 Å². The second kappa shape index (κ2) is 9.65. The quantitative estimate of drug-likeness (QED) is 0.596. The van der Waals surface area contributed by atoms with Gasteiger partial charge in [-0.25, -0.2) is 9.18 Å². The number of hydrogen-bond acceptors (Lipinski definition) is 3. The van der Waals surface area contributed by atoms with Crippen molar-refractivity contribution in [3.8, 4) is 0 Å². The fraction of sp³-hybridized carbons (Fsp3) is 0.192. The standard InChI is InChI=1S/C26H24FN3O3/c1-17-4-2-5-18(12-17)15-28-25(32)21-7-3-6-19(13-21)16-30-24(31)14-23(29-26(30)33)20-8-10-22(27)11-9-20/h2-13,23H,14-16H2,1H3,(H,28,32)(H,29,33)/t23-/m1/s1. The summed E-state index contributed by atoms with van der Waals surface area (Å²) in [5.74, 6) is -0.942. The predicted molar refractivity (Wildman–Crippen MR) is 122 cm³/mol. The van der Waals surface area contributed by atoms with Crippen LogP contribution in [0.5, 0.6) is 0 Å². The third-order valence-electron chi connectivity index (χ3n) is 5.56. The highest BCUT2D eigenvalue weighted by molar-refractivity contribution is 5.97. The van der Waals surface area contributed by atoms with Crippen LogP contribution in [0.1, 0.15) is 45.1 Å². The van der Waals surface area contributed by atoms with E-state index < -0.39 is 12.1 Å². The molecule has 0 aromatic heterocycles. The molecule has 6 nitrogen and oxygen atoms in total. The van der Waals surface area contributed by atoms with E-state index in [0.29, 0.717) is 23.2 Å². The van der Waals surface area contributed by atoms with E-state index in [1.807, 2.05) is 31.2 Å². The molecule has 1 heterocycles. The van der Waals surface area contributed by atoms with E-state index in [9.17, 15) is 18.8 Å². The first-order valence-corrected chi connectivity index (χ1v) is 10.7. The number of hydrogen-bond donors (Lipinski definition) is 2. The lowest BCUT2D eigenvalue weighted by molar-refractivity contribution is -0.130. The van der Waals surface area contributed by atoms with Crippen molar-refractivity contribution in [3.05, 3.63) is 106 Å². The van der Waals surface area contributed by atoms with Gasteiger partial charge in [0, 0.05) is 12.1 Å². The van der Waals surface area contributed by atoms with Crippen molar-refractivity contribution >= 4 is 17.8 Å². The first-order chi connectivity index (χ1) is 15.9. The highest BCUT2D eigenvalue weighted by Gasteiger charge is 2.32. The van der Waals surface area contributed by atoms with Crippen molar-refractivity contribution in [3.63, 3.8) is 0 Å². The van der Waals surface area contributed by atoms with Gasteiger partial charge in [0.15, 0.2) is 0 Å². The van der Waals surface area contributed by atoms with Crippen molar-refractivity contribution in [1.82, 2.24) is 15.5 Å². The lowest BCUT2D eigenvalue weighted by atomic mass is 10.0. The van der Waals surface area contributed by atoms with Gasteiger partial charge in [-0.1, -0.05) is 54.1 Å². The second-order valence-electron chi connectivity index (χ2n) is 8.11. The fourth-order valence-electron chi connectivity index (χ4n) is 3.83. The minimum absolute atomic E-state index is 0.0554. The van der Waals surface area contributed by atoms with Crippen LogP contribution >= 0.6 is 0 Å². The Morgan fingerprint density at radius 3 is 2.48 bits per heavy atom. The van der Waals surface area contributed by atoms with Gasteiger partial charge in [-0.05, 0) is 47.9 Å². The molecule has 168 valence electrons. The van der Waals surface area contributed by atoms with Crippen molar-refractivity contribution in [2.24, 2.45) is 0 Å². The Balaban J connectivity index is 1.39. The molecule has 1 fully saturated rings. The molecule has 0 bridgehead atoms. The van der Waals surface area contributed by atoms with Crippen LogP contribution in [0.4, 0.5) is 9.18 Å². The van der Waals surface area contributed by atoms with Crippen LogP contribution in [-0.4, -0.2) is 22.7 Å². The number of benzene rings is 3. The summed E-state index contributed by atoms with van der Waals surface area (Å²) in [5, 5.41) is 5.69. The van der Waals surface area contributed by atoms with E-state index in [1.54, 1.807) is 36.4 Å². The average molecular weight is 445 g/mol. The highest BCUT2D eigenvalue weighted by Crippen LogP contribution is 2.24. The normalized spacial score (nSPS) is 15.8. The summed E-state index contributed by atoms with van der Waals surface area (Å²) in [6.45, 7) is 2.46. The number of carbonyl (C=O) groups excluding carboxylic acids is 3. The first-order valence-electron chi connectivity index (χ1n) is 10.7. The Hall–Kier alpha value is -4.00. The SMILES string of the molecule is Cc1cccc(CNC(=O)c2cccc(CN3C(=O)C[C@H](c4ccc(F)cc4)NC3=O)c2)c1. The molecule has 3 aromatic carbocycles. The van der Waals surface area contributed by atoms with E-state index in [4.69, 9.17) is 0 Å². The summed E-state index contributed by atoms with van der Waals surface area (Å²) >= 11 is 0. The minimum atomic E-state index is -0.519. The number of carbonyl (C=O) groups is 3. The molecule has 2 N–H and O–H groups in total. The Morgan fingerprint density at radius 1 is 1.03 bits per heavy atom. The van der Waals surface area contributed by atoms with Crippen molar-refractivity contribution in [1.29, 1.82) is 0 Å². The molecular weight excluding hydrogens is 421 g/mol. The molecule has 0 aliphatic carbocycles. The maximum absolute atomic E-state index is 13.2. The number of aryl methyl sites for hydroxylation is 1. The Labute approximate surface area is 191 Å². The summed E-state index contributed by atoms with van der Waals surface area (Å²) in [5.41, 5.74) is 3.92. The number of rotatable bonds is 6. The van der Waals surface area contributed by atoms with Gasteiger partial charge in [0.2, 0.25) is 5.91 Å². The smallest absolute Gasteiger partial charge is 0.324 e. The van der Waals surface area contributed by atoms with Crippen LogP contribution in [-0.2, 0) is 17.9 Å². The van der Waals surface area contributed by atoms with Gasteiger partial charge < -0.3 is 10.6 Å². The summed E-state index contributed by atoms with van der Waals surface area (Å²) in [7, 11) is 0. The molecule has 0 saturated carbocycles. The van der Waals surface area contributed by atoms with E-state index >= 15 is 0 Å². The Kier molecular flexibility index (Phi) is 6.49. The molecule has 33 heavy (non-hydrogen) atoms. The van der Waals surface area contributed by atoms with Gasteiger partial charge in [-0.2, -0.15) is 0 Å². The van der Waals surface area contributed by atoms with E-state index in [2.05, 4.69) is 10.6 Å². The molecule has 4 amide bonds. The van der Waals surface area contributed by atoms with Gasteiger partial charge in [0.25, 0.3) is 5.91 Å². The van der Waals surface area contributed by atoms with Gasteiger partial charge in [0.05, 0.1) is 19.0 Å². The number of amides is 4. The molecule has 0 unspecified atom stereocenters. The molecule has 0 spiro atoms. The molecule has 1 aliphatic rings. The van der Waals surface area contributed by atoms with Gasteiger partial charge in [-0.15, -0.1) is 0 Å². The number of nitrogens with zero attached hydrogens (tertiary/aromatic N) is 1. The second-order valence-corrected chi connectivity index (χ2v) is 8.11. The Morgan fingerprint density at radius 2 is 1.76 bits per heavy atom. The zero-order valence-corrected chi connectivity index (χ0v) is 18.2. The molecular formula is C26H24FN3O3. The first kappa shape index (κ1) is 22.2. The lowest BCUT2D eigenvalue weighted by Gasteiger charge is -2.31. The van der Waals surface area contributed by atoms with Crippen LogP contribution in [0, 0.1) is 12.7 Å². The third-order valence-corrected chi connectivity index (χ3v) is 5.56. The lowest BCUT2D eigenvalue weighted by Crippen LogP contribution is -2.50. The van der Waals surface area contributed by atoms with Crippen molar-refractivity contribution < 1.29 is 18.8 Å². The maximum atomic E-state index is 13.2. The number of urea groups is 1. The molecule has 4 rings (SSSR count). The van der Waals surface area contributed by atoms with Gasteiger partial charge in [0.1, 0.15) is 5.82 Å². The van der Waals surface area contributed by atoms with Gasteiger partial charge in [-0.3, -0.25) is 14.5 Å².